The van der Waals surface area contributed by atoms with Gasteiger partial charge in [0.05, 0.1) is 30.6 Å². The Kier molecular flexibility index (Phi) is 4.37. The van der Waals surface area contributed by atoms with Crippen LogP contribution in [-0.4, -0.2) is 30.6 Å². The van der Waals surface area contributed by atoms with Gasteiger partial charge in [0.25, 0.3) is 0 Å². The van der Waals surface area contributed by atoms with Gasteiger partial charge in [-0.2, -0.15) is 5.10 Å². The minimum atomic E-state index is -0.0826. The van der Waals surface area contributed by atoms with Crippen LogP contribution in [0.25, 0.3) is 11.3 Å². The summed E-state index contributed by atoms with van der Waals surface area (Å²) in [6.07, 6.45) is 10.5. The van der Waals surface area contributed by atoms with Gasteiger partial charge >= 0.3 is 0 Å². The molecule has 7 heteroatoms. The van der Waals surface area contributed by atoms with E-state index in [4.69, 9.17) is 0 Å². The SMILES string of the molecule is Cn1cc(-c2nccnc2CNC(=O)Cc2cccnc2)cn1. The third-order valence-electron chi connectivity index (χ3n) is 3.29. The predicted molar refractivity (Wildman–Crippen MR) is 84.0 cm³/mol. The fourth-order valence-corrected chi connectivity index (χ4v) is 2.21. The summed E-state index contributed by atoms with van der Waals surface area (Å²) >= 11 is 0. The van der Waals surface area contributed by atoms with E-state index >= 15 is 0 Å². The molecular weight excluding hydrogens is 292 g/mol. The van der Waals surface area contributed by atoms with Crippen LogP contribution in [0.4, 0.5) is 0 Å². The van der Waals surface area contributed by atoms with Crippen molar-refractivity contribution < 1.29 is 4.79 Å². The third kappa shape index (κ3) is 3.76. The highest BCUT2D eigenvalue weighted by Crippen LogP contribution is 2.18. The van der Waals surface area contributed by atoms with Gasteiger partial charge in [-0.1, -0.05) is 6.07 Å². The number of amides is 1. The summed E-state index contributed by atoms with van der Waals surface area (Å²) < 4.78 is 1.70. The number of carbonyl (C=O) groups excluding carboxylic acids is 1. The first-order chi connectivity index (χ1) is 11.2. The smallest absolute Gasteiger partial charge is 0.224 e. The van der Waals surface area contributed by atoms with Gasteiger partial charge in [-0.3, -0.25) is 24.4 Å². The van der Waals surface area contributed by atoms with E-state index in [0.29, 0.717) is 12.2 Å². The summed E-state index contributed by atoms with van der Waals surface area (Å²) in [4.78, 5) is 24.7. The lowest BCUT2D eigenvalue weighted by atomic mass is 10.2. The summed E-state index contributed by atoms with van der Waals surface area (Å²) in [5.41, 5.74) is 3.18. The molecule has 0 atom stereocenters. The van der Waals surface area contributed by atoms with E-state index in [1.165, 1.54) is 0 Å². The topological polar surface area (TPSA) is 85.6 Å². The van der Waals surface area contributed by atoms with Gasteiger partial charge in [-0.25, -0.2) is 0 Å². The van der Waals surface area contributed by atoms with Crippen molar-refractivity contribution in [1.29, 1.82) is 0 Å². The van der Waals surface area contributed by atoms with Gasteiger partial charge in [0.1, 0.15) is 0 Å². The van der Waals surface area contributed by atoms with Crippen molar-refractivity contribution in [2.75, 3.05) is 0 Å². The number of rotatable bonds is 5. The second-order valence-electron chi connectivity index (χ2n) is 5.07. The Hall–Kier alpha value is -3.09. The molecule has 0 spiro atoms. The summed E-state index contributed by atoms with van der Waals surface area (Å²) in [5.74, 6) is -0.0826. The van der Waals surface area contributed by atoms with Crippen LogP contribution in [0.3, 0.4) is 0 Å². The van der Waals surface area contributed by atoms with Gasteiger partial charge in [0.15, 0.2) is 0 Å². The summed E-state index contributed by atoms with van der Waals surface area (Å²) in [6, 6.07) is 3.68. The highest BCUT2D eigenvalue weighted by atomic mass is 16.1. The average Bonchev–Trinajstić information content (AvgIpc) is 3.00. The molecule has 1 N–H and O–H groups in total. The molecular formula is C16H16N6O. The van der Waals surface area contributed by atoms with Crippen LogP contribution >= 0.6 is 0 Å². The molecule has 3 aromatic heterocycles. The molecule has 0 saturated heterocycles. The summed E-state index contributed by atoms with van der Waals surface area (Å²) in [6.45, 7) is 0.317. The number of nitrogens with one attached hydrogen (secondary N) is 1. The van der Waals surface area contributed by atoms with Crippen LogP contribution < -0.4 is 5.32 Å². The van der Waals surface area contributed by atoms with Crippen LogP contribution in [0.1, 0.15) is 11.3 Å². The predicted octanol–water partition coefficient (Wildman–Crippen LogP) is 1.13. The minimum Gasteiger partial charge on any atom is -0.350 e. The monoisotopic (exact) mass is 308 g/mol. The fraction of sp³-hybridized carbons (Fsp3) is 0.188. The Labute approximate surface area is 133 Å². The first-order valence-corrected chi connectivity index (χ1v) is 7.17. The second-order valence-corrected chi connectivity index (χ2v) is 5.07. The number of aryl methyl sites for hydroxylation is 1. The minimum absolute atomic E-state index is 0.0826. The van der Waals surface area contributed by atoms with E-state index in [2.05, 4.69) is 25.4 Å². The van der Waals surface area contributed by atoms with Crippen molar-refractivity contribution in [3.8, 4) is 11.3 Å². The van der Waals surface area contributed by atoms with E-state index in [0.717, 1.165) is 16.8 Å². The molecule has 0 aliphatic carbocycles. The van der Waals surface area contributed by atoms with Crippen molar-refractivity contribution in [2.45, 2.75) is 13.0 Å². The first kappa shape index (κ1) is 14.8. The van der Waals surface area contributed by atoms with E-state index in [1.54, 1.807) is 35.7 Å². The molecule has 3 rings (SSSR count). The van der Waals surface area contributed by atoms with Crippen molar-refractivity contribution in [2.24, 2.45) is 7.05 Å². The Morgan fingerprint density at radius 1 is 1.22 bits per heavy atom. The zero-order valence-electron chi connectivity index (χ0n) is 12.7. The number of nitrogens with zero attached hydrogens (tertiary/aromatic N) is 5. The average molecular weight is 308 g/mol. The Bertz CT molecular complexity index is 799. The molecule has 0 fully saturated rings. The molecule has 116 valence electrons. The van der Waals surface area contributed by atoms with Crippen molar-refractivity contribution in [3.63, 3.8) is 0 Å². The molecule has 0 unspecified atom stereocenters. The molecule has 0 radical (unpaired) electrons. The zero-order valence-corrected chi connectivity index (χ0v) is 12.7. The molecule has 1 amide bonds. The number of aromatic nitrogens is 5. The normalized spacial score (nSPS) is 10.5. The summed E-state index contributed by atoms with van der Waals surface area (Å²) in [5, 5.41) is 7.01. The van der Waals surface area contributed by atoms with E-state index in [1.807, 2.05) is 25.4 Å². The van der Waals surface area contributed by atoms with Gasteiger partial charge in [0, 0.05) is 43.6 Å². The Balaban J connectivity index is 1.68. The van der Waals surface area contributed by atoms with Crippen LogP contribution in [0.2, 0.25) is 0 Å². The molecule has 0 aliphatic heterocycles. The lowest BCUT2D eigenvalue weighted by Gasteiger charge is -2.07. The standard InChI is InChI=1S/C16H16N6O/c1-22-11-13(9-21-22)16-14(18-5-6-19-16)10-20-15(23)7-12-3-2-4-17-8-12/h2-6,8-9,11H,7,10H2,1H3,(H,20,23). The lowest BCUT2D eigenvalue weighted by molar-refractivity contribution is -0.120. The van der Waals surface area contributed by atoms with Gasteiger partial charge in [0.2, 0.25) is 5.91 Å². The third-order valence-corrected chi connectivity index (χ3v) is 3.29. The Morgan fingerprint density at radius 2 is 2.09 bits per heavy atom. The van der Waals surface area contributed by atoms with Crippen molar-refractivity contribution >= 4 is 5.91 Å². The van der Waals surface area contributed by atoms with Crippen LogP contribution in [0.5, 0.6) is 0 Å². The van der Waals surface area contributed by atoms with Crippen LogP contribution in [-0.2, 0) is 24.8 Å². The molecule has 23 heavy (non-hydrogen) atoms. The maximum Gasteiger partial charge on any atom is 0.224 e. The quantitative estimate of drug-likeness (QED) is 0.763. The zero-order chi connectivity index (χ0) is 16.1. The van der Waals surface area contributed by atoms with Gasteiger partial charge in [-0.15, -0.1) is 0 Å². The number of hydrogen-bond donors (Lipinski definition) is 1. The molecule has 0 aromatic carbocycles. The van der Waals surface area contributed by atoms with Crippen molar-refractivity contribution in [3.05, 3.63) is 60.6 Å². The first-order valence-electron chi connectivity index (χ1n) is 7.17. The highest BCUT2D eigenvalue weighted by molar-refractivity contribution is 5.78. The van der Waals surface area contributed by atoms with E-state index in [9.17, 15) is 4.79 Å². The maximum atomic E-state index is 12.0. The lowest BCUT2D eigenvalue weighted by Crippen LogP contribution is -2.25. The molecule has 3 aromatic rings. The van der Waals surface area contributed by atoms with Crippen LogP contribution in [0, 0.1) is 0 Å². The number of pyridine rings is 1. The largest absolute Gasteiger partial charge is 0.350 e. The Morgan fingerprint density at radius 3 is 2.83 bits per heavy atom. The maximum absolute atomic E-state index is 12.0. The van der Waals surface area contributed by atoms with Crippen LogP contribution in [0.15, 0.2) is 49.3 Å². The van der Waals surface area contributed by atoms with Crippen molar-refractivity contribution in [1.82, 2.24) is 30.0 Å². The molecule has 0 bridgehead atoms. The summed E-state index contributed by atoms with van der Waals surface area (Å²) in [7, 11) is 1.84. The second kappa shape index (κ2) is 6.78. The fourth-order valence-electron chi connectivity index (χ4n) is 2.21. The van der Waals surface area contributed by atoms with Gasteiger partial charge < -0.3 is 5.32 Å². The highest BCUT2D eigenvalue weighted by Gasteiger charge is 2.11. The molecule has 3 heterocycles. The molecule has 7 nitrogen and oxygen atoms in total. The van der Waals surface area contributed by atoms with E-state index in [-0.39, 0.29) is 12.3 Å². The molecule has 0 aliphatic rings. The number of hydrogen-bond acceptors (Lipinski definition) is 5. The molecule has 0 saturated carbocycles. The van der Waals surface area contributed by atoms with E-state index < -0.39 is 0 Å². The van der Waals surface area contributed by atoms with Gasteiger partial charge in [-0.05, 0) is 11.6 Å². The number of carbonyl (C=O) groups is 1.